The van der Waals surface area contributed by atoms with Crippen molar-refractivity contribution in [1.82, 2.24) is 0 Å². The van der Waals surface area contributed by atoms with Crippen molar-refractivity contribution in [1.29, 1.82) is 0 Å². The molecular formula is C12H26FN. The molecule has 0 aromatic heterocycles. The van der Waals surface area contributed by atoms with E-state index in [-0.39, 0.29) is 0 Å². The summed E-state index contributed by atoms with van der Waals surface area (Å²) in [6.45, 7) is 2.24. The molecule has 0 rings (SSSR count). The summed E-state index contributed by atoms with van der Waals surface area (Å²) in [6.07, 6.45) is 10.9. The number of alkyl halides is 1. The van der Waals surface area contributed by atoms with Gasteiger partial charge < -0.3 is 5.73 Å². The zero-order valence-electron chi connectivity index (χ0n) is 9.60. The van der Waals surface area contributed by atoms with Gasteiger partial charge in [-0.3, -0.25) is 0 Å². The van der Waals surface area contributed by atoms with Crippen LogP contribution in [-0.4, -0.2) is 6.30 Å². The Morgan fingerprint density at radius 1 is 0.857 bits per heavy atom. The summed E-state index contributed by atoms with van der Waals surface area (Å²) >= 11 is 0. The van der Waals surface area contributed by atoms with E-state index in [1.807, 2.05) is 0 Å². The Bertz CT molecular complexity index is 104. The summed E-state index contributed by atoms with van der Waals surface area (Å²) in [5.41, 5.74) is 5.02. The van der Waals surface area contributed by atoms with Crippen LogP contribution in [0.5, 0.6) is 0 Å². The number of hydrogen-bond donors (Lipinski definition) is 1. The van der Waals surface area contributed by atoms with Crippen molar-refractivity contribution >= 4 is 0 Å². The van der Waals surface area contributed by atoms with E-state index in [1.165, 1.54) is 44.9 Å². The van der Waals surface area contributed by atoms with Gasteiger partial charge in [0.15, 0.2) is 0 Å². The minimum Gasteiger partial charge on any atom is -0.302 e. The highest BCUT2D eigenvalue weighted by atomic mass is 19.1. The van der Waals surface area contributed by atoms with Crippen LogP contribution >= 0.6 is 0 Å². The van der Waals surface area contributed by atoms with Gasteiger partial charge in [0.25, 0.3) is 0 Å². The molecule has 0 radical (unpaired) electrons. The third kappa shape index (κ3) is 11.9. The second kappa shape index (κ2) is 11.0. The van der Waals surface area contributed by atoms with Gasteiger partial charge in [-0.2, -0.15) is 0 Å². The minimum absolute atomic E-state index is 0.538. The van der Waals surface area contributed by atoms with E-state index in [2.05, 4.69) is 6.92 Å². The van der Waals surface area contributed by atoms with Crippen LogP contribution in [0.3, 0.4) is 0 Å². The number of rotatable bonds is 10. The Morgan fingerprint density at radius 2 is 1.29 bits per heavy atom. The first-order valence-corrected chi connectivity index (χ1v) is 6.17. The smallest absolute Gasteiger partial charge is 0.148 e. The highest BCUT2D eigenvalue weighted by molar-refractivity contribution is 4.49. The van der Waals surface area contributed by atoms with E-state index in [9.17, 15) is 4.39 Å². The maximum atomic E-state index is 12.2. The first kappa shape index (κ1) is 13.9. The van der Waals surface area contributed by atoms with Crippen LogP contribution in [-0.2, 0) is 0 Å². The van der Waals surface area contributed by atoms with Crippen LogP contribution in [0.2, 0.25) is 0 Å². The van der Waals surface area contributed by atoms with Gasteiger partial charge in [-0.05, 0) is 12.8 Å². The average molecular weight is 203 g/mol. The molecule has 86 valence electrons. The van der Waals surface area contributed by atoms with E-state index in [0.717, 1.165) is 12.8 Å². The molecule has 0 heterocycles. The third-order valence-corrected chi connectivity index (χ3v) is 2.58. The molecule has 0 saturated heterocycles. The lowest BCUT2D eigenvalue weighted by Gasteiger charge is -2.02. The molecule has 0 saturated carbocycles. The van der Waals surface area contributed by atoms with Crippen LogP contribution < -0.4 is 5.73 Å². The second-order valence-corrected chi connectivity index (χ2v) is 4.13. The minimum atomic E-state index is -1.10. The second-order valence-electron chi connectivity index (χ2n) is 4.13. The van der Waals surface area contributed by atoms with E-state index < -0.39 is 6.30 Å². The lowest BCUT2D eigenvalue weighted by atomic mass is 10.1. The van der Waals surface area contributed by atoms with Crippen molar-refractivity contribution in [3.8, 4) is 0 Å². The fraction of sp³-hybridized carbons (Fsp3) is 1.00. The molecule has 14 heavy (non-hydrogen) atoms. The standard InChI is InChI=1S/C12H26FN/c1-2-3-4-5-6-7-8-9-10-11-12(13)14/h12H,2-11,14H2,1H3. The molecule has 2 heteroatoms. The van der Waals surface area contributed by atoms with Crippen LogP contribution in [0.1, 0.15) is 71.1 Å². The lowest BCUT2D eigenvalue weighted by molar-refractivity contribution is 0.313. The fourth-order valence-electron chi connectivity index (χ4n) is 1.65. The molecule has 1 atom stereocenters. The molecule has 0 aliphatic carbocycles. The largest absolute Gasteiger partial charge is 0.302 e. The van der Waals surface area contributed by atoms with Crippen molar-refractivity contribution in [2.45, 2.75) is 77.4 Å². The van der Waals surface area contributed by atoms with Crippen LogP contribution in [0, 0.1) is 0 Å². The van der Waals surface area contributed by atoms with Crippen molar-refractivity contribution in [2.24, 2.45) is 5.73 Å². The van der Waals surface area contributed by atoms with E-state index in [1.54, 1.807) is 0 Å². The van der Waals surface area contributed by atoms with Crippen LogP contribution in [0.15, 0.2) is 0 Å². The summed E-state index contributed by atoms with van der Waals surface area (Å²) < 4.78 is 12.2. The predicted molar refractivity (Wildman–Crippen MR) is 60.9 cm³/mol. The molecule has 1 unspecified atom stereocenters. The van der Waals surface area contributed by atoms with Crippen LogP contribution in [0.25, 0.3) is 0 Å². The van der Waals surface area contributed by atoms with E-state index in [4.69, 9.17) is 5.73 Å². The van der Waals surface area contributed by atoms with Crippen molar-refractivity contribution in [2.75, 3.05) is 0 Å². The molecule has 0 aromatic carbocycles. The Balaban J connectivity index is 2.85. The fourth-order valence-corrected chi connectivity index (χ4v) is 1.65. The normalized spacial score (nSPS) is 13.1. The Hall–Kier alpha value is -0.110. The summed E-state index contributed by atoms with van der Waals surface area (Å²) in [4.78, 5) is 0. The molecule has 0 bridgehead atoms. The quantitative estimate of drug-likeness (QED) is 0.418. The monoisotopic (exact) mass is 203 g/mol. The summed E-state index contributed by atoms with van der Waals surface area (Å²) in [6, 6.07) is 0. The highest BCUT2D eigenvalue weighted by Crippen LogP contribution is 2.10. The van der Waals surface area contributed by atoms with Gasteiger partial charge in [0.2, 0.25) is 0 Å². The van der Waals surface area contributed by atoms with Gasteiger partial charge >= 0.3 is 0 Å². The Labute approximate surface area is 88.3 Å². The van der Waals surface area contributed by atoms with Crippen molar-refractivity contribution in [3.63, 3.8) is 0 Å². The molecular weight excluding hydrogens is 177 g/mol. The zero-order valence-corrected chi connectivity index (χ0v) is 9.60. The maximum absolute atomic E-state index is 12.2. The van der Waals surface area contributed by atoms with E-state index >= 15 is 0 Å². The summed E-state index contributed by atoms with van der Waals surface area (Å²) in [5.74, 6) is 0. The molecule has 1 nitrogen and oxygen atoms in total. The van der Waals surface area contributed by atoms with Gasteiger partial charge in [0.05, 0.1) is 0 Å². The van der Waals surface area contributed by atoms with Crippen LogP contribution in [0.4, 0.5) is 4.39 Å². The first-order valence-electron chi connectivity index (χ1n) is 6.17. The van der Waals surface area contributed by atoms with Gasteiger partial charge in [0.1, 0.15) is 6.30 Å². The topological polar surface area (TPSA) is 26.0 Å². The molecule has 0 fully saturated rings. The zero-order chi connectivity index (χ0) is 10.6. The molecule has 2 N–H and O–H groups in total. The molecule has 0 aliphatic heterocycles. The number of halogens is 1. The number of nitrogens with two attached hydrogens (primary N) is 1. The van der Waals surface area contributed by atoms with Crippen molar-refractivity contribution in [3.05, 3.63) is 0 Å². The molecule has 0 aliphatic rings. The van der Waals surface area contributed by atoms with Gasteiger partial charge in [-0.1, -0.05) is 58.3 Å². The first-order chi connectivity index (χ1) is 6.77. The Kier molecular flexibility index (Phi) is 10.9. The lowest BCUT2D eigenvalue weighted by Crippen LogP contribution is -2.11. The van der Waals surface area contributed by atoms with Gasteiger partial charge in [0, 0.05) is 0 Å². The van der Waals surface area contributed by atoms with E-state index in [0.29, 0.717) is 6.42 Å². The highest BCUT2D eigenvalue weighted by Gasteiger charge is 1.97. The van der Waals surface area contributed by atoms with Crippen molar-refractivity contribution < 1.29 is 4.39 Å². The molecule has 0 amide bonds. The molecule has 0 spiro atoms. The number of hydrogen-bond acceptors (Lipinski definition) is 1. The van der Waals surface area contributed by atoms with Gasteiger partial charge in [-0.15, -0.1) is 0 Å². The summed E-state index contributed by atoms with van der Waals surface area (Å²) in [5, 5.41) is 0. The van der Waals surface area contributed by atoms with Gasteiger partial charge in [-0.25, -0.2) is 4.39 Å². The SMILES string of the molecule is CCCCCCCCCCCC(N)F. The maximum Gasteiger partial charge on any atom is 0.148 e. The Morgan fingerprint density at radius 3 is 1.71 bits per heavy atom. The summed E-state index contributed by atoms with van der Waals surface area (Å²) in [7, 11) is 0. The number of unbranched alkanes of at least 4 members (excludes halogenated alkanes) is 8. The average Bonchev–Trinajstić information content (AvgIpc) is 2.15. The third-order valence-electron chi connectivity index (χ3n) is 2.58. The molecule has 0 aromatic rings. The predicted octanol–water partition coefficient (Wildman–Crippen LogP) is 4.16.